The summed E-state index contributed by atoms with van der Waals surface area (Å²) >= 11 is 0. The van der Waals surface area contributed by atoms with Crippen LogP contribution in [0.3, 0.4) is 0 Å². The number of rotatable bonds is 0. The molecule has 0 saturated carbocycles. The highest BCUT2D eigenvalue weighted by atomic mass is 14.8. The zero-order valence-corrected chi connectivity index (χ0v) is 9.78. The van der Waals surface area contributed by atoms with Gasteiger partial charge >= 0.3 is 0 Å². The Morgan fingerprint density at radius 2 is 1.94 bits per heavy atom. The third-order valence-electron chi connectivity index (χ3n) is 3.60. The molecule has 0 aromatic carbocycles. The van der Waals surface area contributed by atoms with Gasteiger partial charge in [0, 0.05) is 18.3 Å². The first-order chi connectivity index (χ1) is 7.70. The third-order valence-corrected chi connectivity index (χ3v) is 3.60. The lowest BCUT2D eigenvalue weighted by molar-refractivity contribution is 0.930. The van der Waals surface area contributed by atoms with Crippen molar-refractivity contribution in [1.29, 1.82) is 0 Å². The fraction of sp³-hybridized carbons (Fsp3) is 0.286. The molecule has 0 saturated heterocycles. The summed E-state index contributed by atoms with van der Waals surface area (Å²) in [6.07, 6.45) is 3.79. The van der Waals surface area contributed by atoms with Crippen molar-refractivity contribution >= 4 is 0 Å². The summed E-state index contributed by atoms with van der Waals surface area (Å²) in [7, 11) is 0. The van der Waals surface area contributed by atoms with E-state index >= 15 is 0 Å². The Labute approximate surface area is 95.4 Å². The molecule has 2 aromatic heterocycles. The first kappa shape index (κ1) is 9.52. The number of aryl methyl sites for hydroxylation is 1. The molecule has 1 unspecified atom stereocenters. The van der Waals surface area contributed by atoms with Crippen LogP contribution in [0.25, 0.3) is 11.4 Å². The molecule has 0 radical (unpaired) electrons. The molecule has 2 aromatic rings. The van der Waals surface area contributed by atoms with Crippen LogP contribution < -0.4 is 0 Å². The van der Waals surface area contributed by atoms with Crippen molar-refractivity contribution < 1.29 is 0 Å². The molecular weight excluding hydrogens is 196 g/mol. The van der Waals surface area contributed by atoms with Gasteiger partial charge in [0.05, 0.1) is 11.4 Å². The molecule has 1 aliphatic rings. The number of aromatic nitrogens is 2. The highest BCUT2D eigenvalue weighted by Crippen LogP contribution is 2.43. The van der Waals surface area contributed by atoms with Crippen LogP contribution in [0.5, 0.6) is 0 Å². The van der Waals surface area contributed by atoms with Crippen molar-refractivity contribution in [2.75, 3.05) is 0 Å². The maximum absolute atomic E-state index is 4.55. The maximum Gasteiger partial charge on any atom is 0.0930 e. The van der Waals surface area contributed by atoms with Crippen molar-refractivity contribution in [2.45, 2.75) is 26.7 Å². The number of pyridine rings is 2. The monoisotopic (exact) mass is 210 g/mol. The first-order valence-electron chi connectivity index (χ1n) is 5.61. The predicted molar refractivity (Wildman–Crippen MR) is 64.5 cm³/mol. The van der Waals surface area contributed by atoms with Crippen LogP contribution in [-0.4, -0.2) is 9.97 Å². The fourth-order valence-corrected chi connectivity index (χ4v) is 2.56. The minimum absolute atomic E-state index is 0.422. The maximum atomic E-state index is 4.55. The van der Waals surface area contributed by atoms with E-state index in [-0.39, 0.29) is 0 Å². The molecule has 16 heavy (non-hydrogen) atoms. The fourth-order valence-electron chi connectivity index (χ4n) is 2.56. The van der Waals surface area contributed by atoms with Crippen molar-refractivity contribution in [2.24, 2.45) is 0 Å². The molecular formula is C14H14N2. The molecule has 0 amide bonds. The van der Waals surface area contributed by atoms with E-state index < -0.39 is 0 Å². The highest BCUT2D eigenvalue weighted by molar-refractivity contribution is 5.73. The van der Waals surface area contributed by atoms with Gasteiger partial charge < -0.3 is 0 Å². The summed E-state index contributed by atoms with van der Waals surface area (Å²) in [4.78, 5) is 9.01. The first-order valence-corrected chi connectivity index (χ1v) is 5.61. The van der Waals surface area contributed by atoms with E-state index in [1.165, 1.54) is 22.3 Å². The minimum Gasteiger partial charge on any atom is -0.254 e. The molecule has 80 valence electrons. The quantitative estimate of drug-likeness (QED) is 0.667. The van der Waals surface area contributed by atoms with Crippen molar-refractivity contribution in [3.8, 4) is 11.4 Å². The number of fused-ring (bicyclic) bond motifs is 3. The Balaban J connectivity index is 2.37. The van der Waals surface area contributed by atoms with Gasteiger partial charge in [0.2, 0.25) is 0 Å². The molecule has 3 rings (SSSR count). The average molecular weight is 210 g/mol. The second-order valence-electron chi connectivity index (χ2n) is 4.49. The minimum atomic E-state index is 0.422. The zero-order chi connectivity index (χ0) is 11.3. The molecule has 1 atom stereocenters. The Morgan fingerprint density at radius 1 is 1.12 bits per heavy atom. The number of hydrogen-bond acceptors (Lipinski definition) is 2. The molecule has 0 fully saturated rings. The van der Waals surface area contributed by atoms with Gasteiger partial charge in [-0.15, -0.1) is 0 Å². The lowest BCUT2D eigenvalue weighted by Gasteiger charge is -2.10. The van der Waals surface area contributed by atoms with Gasteiger partial charge in [0.25, 0.3) is 0 Å². The van der Waals surface area contributed by atoms with E-state index in [1.807, 2.05) is 18.5 Å². The van der Waals surface area contributed by atoms with Crippen LogP contribution in [0.1, 0.15) is 35.1 Å². The van der Waals surface area contributed by atoms with Crippen LogP contribution in [0, 0.1) is 13.8 Å². The molecule has 1 aliphatic carbocycles. The highest BCUT2D eigenvalue weighted by Gasteiger charge is 2.29. The van der Waals surface area contributed by atoms with E-state index in [4.69, 9.17) is 0 Å². The SMILES string of the molecule is Cc1cnc2c(c1C)C(C)c1cccnc1-2. The standard InChI is InChI=1S/C14H14N2/c1-8-7-16-14-12(9(8)2)10(3)11-5-4-6-15-13(11)14/h4-7,10H,1-3H3. The van der Waals surface area contributed by atoms with Crippen molar-refractivity contribution in [1.82, 2.24) is 9.97 Å². The molecule has 2 heteroatoms. The van der Waals surface area contributed by atoms with Crippen LogP contribution in [0.4, 0.5) is 0 Å². The van der Waals surface area contributed by atoms with Crippen LogP contribution in [-0.2, 0) is 0 Å². The van der Waals surface area contributed by atoms with Gasteiger partial charge in [-0.25, -0.2) is 0 Å². The van der Waals surface area contributed by atoms with Gasteiger partial charge in [-0.1, -0.05) is 13.0 Å². The summed E-state index contributed by atoms with van der Waals surface area (Å²) in [5, 5.41) is 0. The zero-order valence-electron chi connectivity index (χ0n) is 9.78. The average Bonchev–Trinajstić information content (AvgIpc) is 2.59. The van der Waals surface area contributed by atoms with Gasteiger partial charge in [0.15, 0.2) is 0 Å². The summed E-state index contributed by atoms with van der Waals surface area (Å²) in [5.41, 5.74) is 7.42. The topological polar surface area (TPSA) is 25.8 Å². The summed E-state index contributed by atoms with van der Waals surface area (Å²) < 4.78 is 0. The van der Waals surface area contributed by atoms with E-state index in [0.717, 1.165) is 11.4 Å². The van der Waals surface area contributed by atoms with E-state index in [9.17, 15) is 0 Å². The molecule has 0 N–H and O–H groups in total. The molecule has 0 spiro atoms. The second kappa shape index (κ2) is 3.14. The summed E-state index contributed by atoms with van der Waals surface area (Å²) in [6, 6.07) is 4.16. The van der Waals surface area contributed by atoms with E-state index in [2.05, 4.69) is 36.8 Å². The van der Waals surface area contributed by atoms with Crippen molar-refractivity contribution in [3.05, 3.63) is 46.8 Å². The van der Waals surface area contributed by atoms with E-state index in [1.54, 1.807) is 0 Å². The number of nitrogens with zero attached hydrogens (tertiary/aromatic N) is 2. The lowest BCUT2D eigenvalue weighted by atomic mass is 9.95. The van der Waals surface area contributed by atoms with Gasteiger partial charge in [-0.3, -0.25) is 9.97 Å². The Morgan fingerprint density at radius 3 is 2.75 bits per heavy atom. The Kier molecular flexibility index (Phi) is 1.87. The molecule has 2 nitrogen and oxygen atoms in total. The summed E-state index contributed by atoms with van der Waals surface area (Å²) in [5.74, 6) is 0.422. The van der Waals surface area contributed by atoms with Gasteiger partial charge in [-0.05, 0) is 42.2 Å². The normalized spacial score (nSPS) is 17.1. The molecule has 0 aliphatic heterocycles. The molecule has 2 heterocycles. The van der Waals surface area contributed by atoms with Crippen LogP contribution in [0.15, 0.2) is 24.5 Å². The third kappa shape index (κ3) is 1.07. The smallest absolute Gasteiger partial charge is 0.0930 e. The van der Waals surface area contributed by atoms with Gasteiger partial charge in [0.1, 0.15) is 0 Å². The second-order valence-corrected chi connectivity index (χ2v) is 4.49. The number of hydrogen-bond donors (Lipinski definition) is 0. The molecule has 0 bridgehead atoms. The Hall–Kier alpha value is -1.70. The largest absolute Gasteiger partial charge is 0.254 e. The van der Waals surface area contributed by atoms with Crippen LogP contribution >= 0.6 is 0 Å². The predicted octanol–water partition coefficient (Wildman–Crippen LogP) is 3.23. The van der Waals surface area contributed by atoms with Gasteiger partial charge in [-0.2, -0.15) is 0 Å². The Bertz CT molecular complexity index is 573. The van der Waals surface area contributed by atoms with Crippen molar-refractivity contribution in [3.63, 3.8) is 0 Å². The van der Waals surface area contributed by atoms with Crippen LogP contribution in [0.2, 0.25) is 0 Å². The summed E-state index contributed by atoms with van der Waals surface area (Å²) in [6.45, 7) is 6.53. The van der Waals surface area contributed by atoms with E-state index in [0.29, 0.717) is 5.92 Å². The lowest BCUT2D eigenvalue weighted by Crippen LogP contribution is -1.96.